The number of hydrogen-bond acceptors (Lipinski definition) is 7. The Morgan fingerprint density at radius 3 is 1.68 bits per heavy atom. The SMILES string of the molecule is CCN(CC)CCOc1ccc(Cl)c(N)c1.CCN(CC)CCOc1ccc(Cl)c([N+](=O)[O-])c1. The number of anilines is 1. The average Bonchev–Trinajstić information content (AvgIpc) is 2.83. The van der Waals surface area contributed by atoms with Crippen molar-refractivity contribution in [2.45, 2.75) is 27.7 Å². The number of nitro benzene ring substituents is 1. The molecule has 10 heteroatoms. The Morgan fingerprint density at radius 1 is 0.824 bits per heavy atom. The van der Waals surface area contributed by atoms with E-state index < -0.39 is 4.92 Å². The molecule has 0 spiro atoms. The lowest BCUT2D eigenvalue weighted by molar-refractivity contribution is -0.384. The van der Waals surface area contributed by atoms with Gasteiger partial charge in [0, 0.05) is 19.2 Å². The summed E-state index contributed by atoms with van der Waals surface area (Å²) in [6.45, 7) is 15.3. The Balaban J connectivity index is 0.000000342. The van der Waals surface area contributed by atoms with Gasteiger partial charge in [0.25, 0.3) is 5.69 Å². The van der Waals surface area contributed by atoms with Crippen LogP contribution in [0.4, 0.5) is 11.4 Å². The van der Waals surface area contributed by atoms with Crippen LogP contribution in [0.1, 0.15) is 27.7 Å². The van der Waals surface area contributed by atoms with Crippen molar-refractivity contribution in [2.24, 2.45) is 0 Å². The molecule has 2 N–H and O–H groups in total. The third-order valence-electron chi connectivity index (χ3n) is 5.22. The van der Waals surface area contributed by atoms with Crippen LogP contribution < -0.4 is 15.2 Å². The molecular weight excluding hydrogens is 479 g/mol. The normalized spacial score (nSPS) is 10.7. The van der Waals surface area contributed by atoms with Crippen molar-refractivity contribution in [1.29, 1.82) is 0 Å². The summed E-state index contributed by atoms with van der Waals surface area (Å²) in [4.78, 5) is 14.7. The Bertz CT molecular complexity index is 878. The third kappa shape index (κ3) is 10.8. The van der Waals surface area contributed by atoms with Gasteiger partial charge < -0.3 is 25.0 Å². The van der Waals surface area contributed by atoms with Gasteiger partial charge >= 0.3 is 0 Å². The summed E-state index contributed by atoms with van der Waals surface area (Å²) in [6.07, 6.45) is 0. The number of rotatable bonds is 13. The van der Waals surface area contributed by atoms with Crippen LogP contribution in [0.5, 0.6) is 11.5 Å². The lowest BCUT2D eigenvalue weighted by atomic mass is 10.3. The van der Waals surface area contributed by atoms with Crippen LogP contribution in [-0.4, -0.2) is 67.2 Å². The number of benzene rings is 2. The first-order chi connectivity index (χ1) is 16.2. The monoisotopic (exact) mass is 514 g/mol. The molecular formula is C24H36Cl2N4O4. The number of nitro groups is 1. The van der Waals surface area contributed by atoms with E-state index in [4.69, 9.17) is 38.4 Å². The molecule has 0 saturated heterocycles. The maximum atomic E-state index is 10.7. The van der Waals surface area contributed by atoms with Gasteiger partial charge in [-0.05, 0) is 50.4 Å². The van der Waals surface area contributed by atoms with Crippen LogP contribution in [0.25, 0.3) is 0 Å². The summed E-state index contributed by atoms with van der Waals surface area (Å²) in [5.74, 6) is 1.24. The minimum Gasteiger partial charge on any atom is -0.492 e. The van der Waals surface area contributed by atoms with Gasteiger partial charge in [0.15, 0.2) is 0 Å². The lowest BCUT2D eigenvalue weighted by Crippen LogP contribution is -2.27. The maximum Gasteiger partial charge on any atom is 0.291 e. The summed E-state index contributed by atoms with van der Waals surface area (Å²) >= 11 is 11.5. The molecule has 0 atom stereocenters. The van der Waals surface area contributed by atoms with E-state index in [-0.39, 0.29) is 10.7 Å². The fourth-order valence-electron chi connectivity index (χ4n) is 3.00. The van der Waals surface area contributed by atoms with E-state index in [1.165, 1.54) is 12.1 Å². The molecule has 0 fully saturated rings. The van der Waals surface area contributed by atoms with Crippen LogP contribution >= 0.6 is 23.2 Å². The molecule has 2 aromatic carbocycles. The van der Waals surface area contributed by atoms with Gasteiger partial charge in [-0.1, -0.05) is 50.9 Å². The number of hydrogen-bond donors (Lipinski definition) is 1. The molecule has 0 aliphatic heterocycles. The highest BCUT2D eigenvalue weighted by Gasteiger charge is 2.13. The predicted octanol–water partition coefficient (Wildman–Crippen LogP) is 5.61. The standard InChI is InChI=1S/C12H17ClN2O3.C12H19ClN2O/c1-3-14(4-2)7-8-18-10-5-6-11(13)12(9-10)15(16)17;1-3-15(4-2)7-8-16-10-5-6-11(13)12(14)9-10/h5-6,9H,3-4,7-8H2,1-2H3;5-6,9H,3-4,7-8,14H2,1-2H3. The van der Waals surface area contributed by atoms with Crippen LogP contribution in [-0.2, 0) is 0 Å². The molecule has 0 bridgehead atoms. The second-order valence-corrected chi connectivity index (χ2v) is 8.12. The van der Waals surface area contributed by atoms with Crippen LogP contribution in [0.15, 0.2) is 36.4 Å². The topological polar surface area (TPSA) is 94.1 Å². The lowest BCUT2D eigenvalue weighted by Gasteiger charge is -2.18. The molecule has 34 heavy (non-hydrogen) atoms. The summed E-state index contributed by atoms with van der Waals surface area (Å²) in [5, 5.41) is 11.4. The van der Waals surface area contributed by atoms with Gasteiger partial charge in [-0.2, -0.15) is 0 Å². The van der Waals surface area contributed by atoms with E-state index in [0.717, 1.165) is 45.0 Å². The fraction of sp³-hybridized carbons (Fsp3) is 0.500. The minimum absolute atomic E-state index is 0.121. The molecule has 2 aromatic rings. The summed E-state index contributed by atoms with van der Waals surface area (Å²) in [7, 11) is 0. The molecule has 0 saturated carbocycles. The van der Waals surface area contributed by atoms with Crippen molar-refractivity contribution in [1.82, 2.24) is 9.80 Å². The number of likely N-dealkylation sites (N-methyl/N-ethyl adjacent to an activating group) is 2. The Kier molecular flexibility index (Phi) is 14.3. The zero-order valence-corrected chi connectivity index (χ0v) is 21.9. The van der Waals surface area contributed by atoms with Gasteiger partial charge in [0.05, 0.1) is 21.7 Å². The summed E-state index contributed by atoms with van der Waals surface area (Å²) in [5.41, 5.74) is 6.11. The molecule has 190 valence electrons. The average molecular weight is 515 g/mol. The first-order valence-corrected chi connectivity index (χ1v) is 12.2. The van der Waals surface area contributed by atoms with E-state index in [2.05, 4.69) is 37.5 Å². The van der Waals surface area contributed by atoms with Crippen molar-refractivity contribution < 1.29 is 14.4 Å². The maximum absolute atomic E-state index is 10.7. The van der Waals surface area contributed by atoms with E-state index in [1.807, 2.05) is 6.07 Å². The van der Waals surface area contributed by atoms with E-state index in [9.17, 15) is 10.1 Å². The number of ether oxygens (including phenoxy) is 2. The van der Waals surface area contributed by atoms with Crippen LogP contribution in [0.3, 0.4) is 0 Å². The number of nitrogens with zero attached hydrogens (tertiary/aromatic N) is 3. The van der Waals surface area contributed by atoms with Gasteiger partial charge in [0.1, 0.15) is 29.7 Å². The van der Waals surface area contributed by atoms with Gasteiger partial charge in [0.2, 0.25) is 0 Å². The van der Waals surface area contributed by atoms with Crippen molar-refractivity contribution in [3.05, 3.63) is 56.6 Å². The van der Waals surface area contributed by atoms with E-state index in [1.54, 1.807) is 18.2 Å². The van der Waals surface area contributed by atoms with Crippen LogP contribution in [0, 0.1) is 10.1 Å². The first kappa shape index (κ1) is 29.8. The number of nitrogens with two attached hydrogens (primary N) is 1. The highest BCUT2D eigenvalue weighted by atomic mass is 35.5. The molecule has 0 radical (unpaired) electrons. The van der Waals surface area contributed by atoms with Crippen molar-refractivity contribution in [3.8, 4) is 11.5 Å². The molecule has 0 aromatic heterocycles. The third-order valence-corrected chi connectivity index (χ3v) is 5.89. The van der Waals surface area contributed by atoms with E-state index >= 15 is 0 Å². The second kappa shape index (κ2) is 16.4. The Labute approximate surface area is 212 Å². The number of halogens is 2. The summed E-state index contributed by atoms with van der Waals surface area (Å²) < 4.78 is 11.1. The molecule has 0 amide bonds. The van der Waals surface area contributed by atoms with Crippen molar-refractivity contribution in [3.63, 3.8) is 0 Å². The first-order valence-electron chi connectivity index (χ1n) is 11.4. The molecule has 0 aliphatic carbocycles. The highest BCUT2D eigenvalue weighted by molar-refractivity contribution is 6.33. The molecule has 0 heterocycles. The Hall–Kier alpha value is -2.26. The van der Waals surface area contributed by atoms with Gasteiger partial charge in [-0.15, -0.1) is 0 Å². The van der Waals surface area contributed by atoms with E-state index in [0.29, 0.717) is 29.7 Å². The van der Waals surface area contributed by atoms with Crippen LogP contribution in [0.2, 0.25) is 10.0 Å². The van der Waals surface area contributed by atoms with Gasteiger partial charge in [-0.25, -0.2) is 0 Å². The number of nitrogen functional groups attached to an aromatic ring is 1. The highest BCUT2D eigenvalue weighted by Crippen LogP contribution is 2.28. The minimum atomic E-state index is -0.514. The van der Waals surface area contributed by atoms with Crippen molar-refractivity contribution in [2.75, 3.05) is 58.2 Å². The molecule has 8 nitrogen and oxygen atoms in total. The second-order valence-electron chi connectivity index (χ2n) is 7.30. The zero-order valence-electron chi connectivity index (χ0n) is 20.4. The zero-order chi connectivity index (χ0) is 25.5. The fourth-order valence-corrected chi connectivity index (χ4v) is 3.30. The molecule has 0 unspecified atom stereocenters. The summed E-state index contributed by atoms with van der Waals surface area (Å²) in [6, 6.07) is 9.81. The Morgan fingerprint density at radius 2 is 1.26 bits per heavy atom. The smallest absolute Gasteiger partial charge is 0.291 e. The molecule has 0 aliphatic rings. The largest absolute Gasteiger partial charge is 0.492 e. The predicted molar refractivity (Wildman–Crippen MR) is 141 cm³/mol. The quantitative estimate of drug-likeness (QED) is 0.210. The molecule has 2 rings (SSSR count). The van der Waals surface area contributed by atoms with Gasteiger partial charge in [-0.3, -0.25) is 10.1 Å². The van der Waals surface area contributed by atoms with Crippen molar-refractivity contribution >= 4 is 34.6 Å².